The number of carbonyl (C=O) groups excluding carboxylic acids is 1. The summed E-state index contributed by atoms with van der Waals surface area (Å²) in [6, 6.07) is 6.93. The SMILES string of the molecule is Cc1nccc(OC2CCCN(C(=O)Nc3ccc4c(c3)OCO4)C2)n1. The van der Waals surface area contributed by atoms with Crippen LogP contribution in [0.4, 0.5) is 10.5 Å². The molecule has 0 aliphatic carbocycles. The Morgan fingerprint density at radius 1 is 1.31 bits per heavy atom. The molecule has 136 valence electrons. The first-order valence-electron chi connectivity index (χ1n) is 8.59. The molecule has 0 radical (unpaired) electrons. The minimum atomic E-state index is -0.156. The van der Waals surface area contributed by atoms with Gasteiger partial charge in [-0.3, -0.25) is 0 Å². The van der Waals surface area contributed by atoms with Crippen molar-refractivity contribution in [3.8, 4) is 17.4 Å². The Balaban J connectivity index is 1.37. The summed E-state index contributed by atoms with van der Waals surface area (Å²) < 4.78 is 16.5. The summed E-state index contributed by atoms with van der Waals surface area (Å²) in [6.07, 6.45) is 3.35. The second kappa shape index (κ2) is 7.07. The van der Waals surface area contributed by atoms with E-state index in [4.69, 9.17) is 14.2 Å². The van der Waals surface area contributed by atoms with Crippen LogP contribution < -0.4 is 19.5 Å². The summed E-state index contributed by atoms with van der Waals surface area (Å²) in [4.78, 5) is 22.7. The van der Waals surface area contributed by atoms with Gasteiger partial charge in [-0.2, -0.15) is 4.98 Å². The van der Waals surface area contributed by atoms with Crippen LogP contribution in [0.5, 0.6) is 17.4 Å². The van der Waals surface area contributed by atoms with E-state index in [0.717, 1.165) is 12.8 Å². The highest BCUT2D eigenvalue weighted by atomic mass is 16.7. The van der Waals surface area contributed by atoms with Crippen molar-refractivity contribution in [2.45, 2.75) is 25.9 Å². The van der Waals surface area contributed by atoms with E-state index in [1.54, 1.807) is 35.4 Å². The summed E-state index contributed by atoms with van der Waals surface area (Å²) in [5.41, 5.74) is 0.675. The number of hydrogen-bond acceptors (Lipinski definition) is 6. The molecule has 2 aliphatic heterocycles. The minimum Gasteiger partial charge on any atom is -0.472 e. The molecule has 26 heavy (non-hydrogen) atoms. The van der Waals surface area contributed by atoms with Crippen LogP contribution in [0.1, 0.15) is 18.7 Å². The smallest absolute Gasteiger partial charge is 0.321 e. The van der Waals surface area contributed by atoms with Crippen LogP contribution >= 0.6 is 0 Å². The average Bonchev–Trinajstić information content (AvgIpc) is 3.10. The lowest BCUT2D eigenvalue weighted by Crippen LogP contribution is -2.46. The molecule has 3 heterocycles. The molecule has 2 aromatic rings. The number of aryl methyl sites for hydroxylation is 1. The number of urea groups is 1. The summed E-state index contributed by atoms with van der Waals surface area (Å²) in [6.45, 7) is 3.23. The van der Waals surface area contributed by atoms with Crippen LogP contribution in [0.15, 0.2) is 30.5 Å². The molecule has 0 saturated carbocycles. The number of nitrogens with zero attached hydrogens (tertiary/aromatic N) is 3. The van der Waals surface area contributed by atoms with Crippen LogP contribution in [0.2, 0.25) is 0 Å². The summed E-state index contributed by atoms with van der Waals surface area (Å²) in [5.74, 6) is 2.53. The number of nitrogens with one attached hydrogen (secondary N) is 1. The van der Waals surface area contributed by atoms with Gasteiger partial charge in [0.1, 0.15) is 11.9 Å². The van der Waals surface area contributed by atoms with Crippen LogP contribution in [-0.2, 0) is 0 Å². The molecule has 4 rings (SSSR count). The highest BCUT2D eigenvalue weighted by Crippen LogP contribution is 2.34. The number of ether oxygens (including phenoxy) is 3. The Hall–Kier alpha value is -3.03. The Morgan fingerprint density at radius 2 is 2.19 bits per heavy atom. The molecule has 2 aliphatic rings. The second-order valence-electron chi connectivity index (χ2n) is 6.27. The third-order valence-corrected chi connectivity index (χ3v) is 4.33. The first-order valence-corrected chi connectivity index (χ1v) is 8.59. The third-order valence-electron chi connectivity index (χ3n) is 4.33. The Labute approximate surface area is 151 Å². The number of fused-ring (bicyclic) bond motifs is 1. The highest BCUT2D eigenvalue weighted by Gasteiger charge is 2.25. The van der Waals surface area contributed by atoms with Gasteiger partial charge in [0.05, 0.1) is 6.54 Å². The zero-order valence-electron chi connectivity index (χ0n) is 14.5. The number of piperidine rings is 1. The van der Waals surface area contributed by atoms with Gasteiger partial charge in [0, 0.05) is 30.6 Å². The van der Waals surface area contributed by atoms with Gasteiger partial charge in [-0.25, -0.2) is 9.78 Å². The quantitative estimate of drug-likeness (QED) is 0.910. The Kier molecular flexibility index (Phi) is 4.47. The van der Waals surface area contributed by atoms with Crippen LogP contribution in [0, 0.1) is 6.92 Å². The Morgan fingerprint density at radius 3 is 3.08 bits per heavy atom. The zero-order valence-corrected chi connectivity index (χ0v) is 14.5. The van der Waals surface area contributed by atoms with Crippen molar-refractivity contribution in [3.63, 3.8) is 0 Å². The molecule has 8 nitrogen and oxygen atoms in total. The molecule has 1 fully saturated rings. The molecule has 1 unspecified atom stereocenters. The van der Waals surface area contributed by atoms with Crippen molar-refractivity contribution in [1.29, 1.82) is 0 Å². The predicted molar refractivity (Wildman–Crippen MR) is 93.6 cm³/mol. The maximum Gasteiger partial charge on any atom is 0.321 e. The van der Waals surface area contributed by atoms with Crippen LogP contribution in [0.3, 0.4) is 0 Å². The van der Waals surface area contributed by atoms with Crippen molar-refractivity contribution in [1.82, 2.24) is 14.9 Å². The molecule has 0 spiro atoms. The first kappa shape index (κ1) is 16.4. The third kappa shape index (κ3) is 3.63. The molecule has 1 aromatic carbocycles. The van der Waals surface area contributed by atoms with Gasteiger partial charge in [0.2, 0.25) is 12.7 Å². The zero-order chi connectivity index (χ0) is 17.9. The molecule has 8 heteroatoms. The fraction of sp³-hybridized carbons (Fsp3) is 0.389. The number of hydrogen-bond donors (Lipinski definition) is 1. The van der Waals surface area contributed by atoms with E-state index in [2.05, 4.69) is 15.3 Å². The van der Waals surface area contributed by atoms with Gasteiger partial charge in [0.15, 0.2) is 11.5 Å². The van der Waals surface area contributed by atoms with E-state index in [1.807, 2.05) is 6.92 Å². The number of aromatic nitrogens is 2. The van der Waals surface area contributed by atoms with E-state index < -0.39 is 0 Å². The van der Waals surface area contributed by atoms with E-state index in [1.165, 1.54) is 0 Å². The fourth-order valence-corrected chi connectivity index (χ4v) is 3.07. The predicted octanol–water partition coefficient (Wildman–Crippen LogP) is 2.59. The largest absolute Gasteiger partial charge is 0.472 e. The second-order valence-corrected chi connectivity index (χ2v) is 6.27. The summed E-state index contributed by atoms with van der Waals surface area (Å²) in [7, 11) is 0. The molecule has 1 aromatic heterocycles. The lowest BCUT2D eigenvalue weighted by molar-refractivity contribution is 0.102. The standard InChI is InChI=1S/C18H20N4O4/c1-12-19-7-6-17(20-12)26-14-3-2-8-22(10-14)18(23)21-13-4-5-15-16(9-13)25-11-24-15/h4-7,9,14H,2-3,8,10-11H2,1H3,(H,21,23). The highest BCUT2D eigenvalue weighted by molar-refractivity contribution is 5.89. The number of amides is 2. The van der Waals surface area contributed by atoms with Crippen molar-refractivity contribution >= 4 is 11.7 Å². The van der Waals surface area contributed by atoms with E-state index in [0.29, 0.717) is 42.0 Å². The van der Waals surface area contributed by atoms with Crippen molar-refractivity contribution in [3.05, 3.63) is 36.3 Å². The normalized spacial score (nSPS) is 18.5. The van der Waals surface area contributed by atoms with Gasteiger partial charge in [-0.05, 0) is 31.9 Å². The molecule has 2 amide bonds. The average molecular weight is 356 g/mol. The van der Waals surface area contributed by atoms with Gasteiger partial charge >= 0.3 is 6.03 Å². The van der Waals surface area contributed by atoms with Gasteiger partial charge in [-0.15, -0.1) is 0 Å². The lowest BCUT2D eigenvalue weighted by Gasteiger charge is -2.32. The van der Waals surface area contributed by atoms with Crippen molar-refractivity contribution in [2.75, 3.05) is 25.2 Å². The van der Waals surface area contributed by atoms with Gasteiger partial charge in [0.25, 0.3) is 0 Å². The molecule has 1 N–H and O–H groups in total. The van der Waals surface area contributed by atoms with Crippen molar-refractivity contribution in [2.24, 2.45) is 0 Å². The topological polar surface area (TPSA) is 85.8 Å². The molecular formula is C18H20N4O4. The van der Waals surface area contributed by atoms with E-state index in [-0.39, 0.29) is 18.9 Å². The fourth-order valence-electron chi connectivity index (χ4n) is 3.07. The Bertz CT molecular complexity index is 814. The molecule has 1 atom stereocenters. The maximum absolute atomic E-state index is 12.6. The lowest BCUT2D eigenvalue weighted by atomic mass is 10.1. The summed E-state index contributed by atoms with van der Waals surface area (Å²) in [5, 5.41) is 2.91. The number of rotatable bonds is 3. The van der Waals surface area contributed by atoms with E-state index >= 15 is 0 Å². The van der Waals surface area contributed by atoms with Gasteiger partial charge < -0.3 is 24.4 Å². The van der Waals surface area contributed by atoms with Crippen LogP contribution in [-0.4, -0.2) is 46.9 Å². The number of carbonyl (C=O) groups is 1. The molecule has 1 saturated heterocycles. The van der Waals surface area contributed by atoms with Crippen molar-refractivity contribution < 1.29 is 19.0 Å². The van der Waals surface area contributed by atoms with Crippen LogP contribution in [0.25, 0.3) is 0 Å². The van der Waals surface area contributed by atoms with E-state index in [9.17, 15) is 4.79 Å². The minimum absolute atomic E-state index is 0.0828. The monoisotopic (exact) mass is 356 g/mol. The molecular weight excluding hydrogens is 336 g/mol. The molecule has 0 bridgehead atoms. The van der Waals surface area contributed by atoms with Gasteiger partial charge in [-0.1, -0.05) is 0 Å². The number of anilines is 1. The first-order chi connectivity index (χ1) is 12.7. The number of benzene rings is 1. The summed E-state index contributed by atoms with van der Waals surface area (Å²) >= 11 is 0. The number of likely N-dealkylation sites (tertiary alicyclic amines) is 1. The maximum atomic E-state index is 12.6.